The highest BCUT2D eigenvalue weighted by atomic mass is 32.2. The molecule has 0 aliphatic carbocycles. The zero-order valence-corrected chi connectivity index (χ0v) is 13.6. The van der Waals surface area contributed by atoms with Gasteiger partial charge in [0.2, 0.25) is 0 Å². The van der Waals surface area contributed by atoms with E-state index < -0.39 is 15.8 Å². The fourth-order valence-electron chi connectivity index (χ4n) is 2.56. The standard InChI is InChI=1S/C16H15FN2O4S/c1-23-14-5-2-11(17)9-15(14)24(21,22)19-12-3-4-13-10(8-12)6-7-18-16(13)20/h2-5,8-9,19H,6-7H2,1H3,(H,18,20). The molecule has 2 N–H and O–H groups in total. The third kappa shape index (κ3) is 3.05. The van der Waals surface area contributed by atoms with Gasteiger partial charge in [0.05, 0.1) is 7.11 Å². The molecule has 1 heterocycles. The highest BCUT2D eigenvalue weighted by Gasteiger charge is 2.22. The van der Waals surface area contributed by atoms with Crippen molar-refractivity contribution in [3.63, 3.8) is 0 Å². The van der Waals surface area contributed by atoms with E-state index in [9.17, 15) is 17.6 Å². The van der Waals surface area contributed by atoms with Crippen LogP contribution >= 0.6 is 0 Å². The van der Waals surface area contributed by atoms with E-state index in [4.69, 9.17) is 4.74 Å². The summed E-state index contributed by atoms with van der Waals surface area (Å²) in [5, 5.41) is 2.72. The topological polar surface area (TPSA) is 84.5 Å². The van der Waals surface area contributed by atoms with E-state index in [-0.39, 0.29) is 16.6 Å². The average molecular weight is 350 g/mol. The molecular formula is C16H15FN2O4S. The lowest BCUT2D eigenvalue weighted by atomic mass is 10.00. The van der Waals surface area contributed by atoms with Gasteiger partial charge in [-0.25, -0.2) is 12.8 Å². The Morgan fingerprint density at radius 1 is 1.21 bits per heavy atom. The number of nitrogens with one attached hydrogen (secondary N) is 2. The molecule has 126 valence electrons. The molecule has 1 aliphatic rings. The maximum atomic E-state index is 13.4. The molecule has 1 aliphatic heterocycles. The number of carbonyl (C=O) groups excluding carboxylic acids is 1. The van der Waals surface area contributed by atoms with Gasteiger partial charge in [0.1, 0.15) is 16.5 Å². The predicted molar refractivity (Wildman–Crippen MR) is 86.2 cm³/mol. The van der Waals surface area contributed by atoms with E-state index in [2.05, 4.69) is 10.0 Å². The minimum absolute atomic E-state index is 0.0428. The Morgan fingerprint density at radius 3 is 2.75 bits per heavy atom. The normalized spacial score (nSPS) is 13.8. The Morgan fingerprint density at radius 2 is 2.00 bits per heavy atom. The second kappa shape index (κ2) is 6.12. The summed E-state index contributed by atoms with van der Waals surface area (Å²) in [4.78, 5) is 11.4. The zero-order valence-electron chi connectivity index (χ0n) is 12.8. The number of ether oxygens (including phenoxy) is 1. The van der Waals surface area contributed by atoms with Crippen LogP contribution in [0, 0.1) is 5.82 Å². The van der Waals surface area contributed by atoms with Crippen LogP contribution in [0.15, 0.2) is 41.3 Å². The fraction of sp³-hybridized carbons (Fsp3) is 0.188. The van der Waals surface area contributed by atoms with Gasteiger partial charge in [0.25, 0.3) is 15.9 Å². The van der Waals surface area contributed by atoms with Crippen molar-refractivity contribution in [1.29, 1.82) is 0 Å². The molecule has 2 aromatic carbocycles. The SMILES string of the molecule is COc1ccc(F)cc1S(=O)(=O)Nc1ccc2c(c1)CCNC2=O. The summed E-state index contributed by atoms with van der Waals surface area (Å²) in [7, 11) is -2.72. The van der Waals surface area contributed by atoms with E-state index >= 15 is 0 Å². The molecule has 1 amide bonds. The van der Waals surface area contributed by atoms with Crippen LogP contribution in [0.5, 0.6) is 5.75 Å². The van der Waals surface area contributed by atoms with Crippen molar-refractivity contribution in [2.24, 2.45) is 0 Å². The van der Waals surface area contributed by atoms with Crippen molar-refractivity contribution in [3.05, 3.63) is 53.3 Å². The lowest BCUT2D eigenvalue weighted by Crippen LogP contribution is -2.31. The molecule has 24 heavy (non-hydrogen) atoms. The first-order valence-electron chi connectivity index (χ1n) is 7.18. The predicted octanol–water partition coefficient (Wildman–Crippen LogP) is 1.92. The van der Waals surface area contributed by atoms with E-state index in [1.807, 2.05) is 0 Å². The number of benzene rings is 2. The number of methoxy groups -OCH3 is 1. The Bertz CT molecular complexity index is 912. The van der Waals surface area contributed by atoms with Gasteiger partial charge in [0, 0.05) is 17.8 Å². The summed E-state index contributed by atoms with van der Waals surface area (Å²) < 4.78 is 45.9. The first kappa shape index (κ1) is 16.3. The van der Waals surface area contributed by atoms with Gasteiger partial charge in [0.15, 0.2) is 0 Å². The molecule has 0 radical (unpaired) electrons. The van der Waals surface area contributed by atoms with E-state index in [0.29, 0.717) is 24.2 Å². The first-order valence-corrected chi connectivity index (χ1v) is 8.66. The van der Waals surface area contributed by atoms with E-state index in [1.54, 1.807) is 12.1 Å². The van der Waals surface area contributed by atoms with Crippen LogP contribution in [0.2, 0.25) is 0 Å². The number of halogens is 1. The summed E-state index contributed by atoms with van der Waals surface area (Å²) in [6.45, 7) is 0.500. The number of carbonyl (C=O) groups is 1. The number of hydrogen-bond acceptors (Lipinski definition) is 4. The van der Waals surface area contributed by atoms with Crippen LogP contribution in [-0.4, -0.2) is 28.0 Å². The first-order chi connectivity index (χ1) is 11.4. The Hall–Kier alpha value is -2.61. The molecule has 3 rings (SSSR count). The van der Waals surface area contributed by atoms with E-state index in [0.717, 1.165) is 17.7 Å². The molecule has 0 atom stereocenters. The smallest absolute Gasteiger partial charge is 0.265 e. The quantitative estimate of drug-likeness (QED) is 0.882. The minimum atomic E-state index is -4.03. The maximum absolute atomic E-state index is 13.4. The van der Waals surface area contributed by atoms with Gasteiger partial charge in [-0.3, -0.25) is 9.52 Å². The van der Waals surface area contributed by atoms with Crippen molar-refractivity contribution in [2.45, 2.75) is 11.3 Å². The largest absolute Gasteiger partial charge is 0.495 e. The summed E-state index contributed by atoms with van der Waals surface area (Å²) in [5.41, 5.74) is 1.58. The van der Waals surface area contributed by atoms with Crippen molar-refractivity contribution < 1.29 is 22.3 Å². The van der Waals surface area contributed by atoms with Gasteiger partial charge in [-0.2, -0.15) is 0 Å². The number of sulfonamides is 1. The minimum Gasteiger partial charge on any atom is -0.495 e. The Labute approximate surface area is 138 Å². The Balaban J connectivity index is 1.96. The fourth-order valence-corrected chi connectivity index (χ4v) is 3.79. The van der Waals surface area contributed by atoms with E-state index in [1.165, 1.54) is 19.2 Å². The number of hydrogen-bond donors (Lipinski definition) is 2. The van der Waals surface area contributed by atoms with Crippen LogP contribution in [0.1, 0.15) is 15.9 Å². The van der Waals surface area contributed by atoms with Crippen LogP contribution < -0.4 is 14.8 Å². The molecule has 0 fully saturated rings. The molecule has 8 heteroatoms. The van der Waals surface area contributed by atoms with Crippen molar-refractivity contribution >= 4 is 21.6 Å². The number of anilines is 1. The molecule has 0 unspecified atom stereocenters. The summed E-state index contributed by atoms with van der Waals surface area (Å²) in [5.74, 6) is -0.822. The molecule has 6 nitrogen and oxygen atoms in total. The lowest BCUT2D eigenvalue weighted by molar-refractivity contribution is 0.0946. The summed E-state index contributed by atoms with van der Waals surface area (Å²) >= 11 is 0. The van der Waals surface area contributed by atoms with Gasteiger partial charge in [-0.1, -0.05) is 0 Å². The molecule has 0 saturated carbocycles. The molecule has 0 spiro atoms. The van der Waals surface area contributed by atoms with Gasteiger partial charge in [-0.15, -0.1) is 0 Å². The molecule has 0 saturated heterocycles. The number of amides is 1. The van der Waals surface area contributed by atoms with Crippen LogP contribution in [-0.2, 0) is 16.4 Å². The summed E-state index contributed by atoms with van der Waals surface area (Å²) in [6, 6.07) is 7.93. The highest BCUT2D eigenvalue weighted by Crippen LogP contribution is 2.27. The third-order valence-corrected chi connectivity index (χ3v) is 5.10. The van der Waals surface area contributed by atoms with Gasteiger partial charge >= 0.3 is 0 Å². The Kier molecular flexibility index (Phi) is 4.15. The molecule has 0 bridgehead atoms. The monoisotopic (exact) mass is 350 g/mol. The van der Waals surface area contributed by atoms with Crippen LogP contribution in [0.3, 0.4) is 0 Å². The van der Waals surface area contributed by atoms with Crippen LogP contribution in [0.4, 0.5) is 10.1 Å². The average Bonchev–Trinajstić information content (AvgIpc) is 2.54. The molecule has 2 aromatic rings. The maximum Gasteiger partial charge on any atom is 0.265 e. The van der Waals surface area contributed by atoms with Crippen molar-refractivity contribution in [3.8, 4) is 5.75 Å². The van der Waals surface area contributed by atoms with Crippen LogP contribution in [0.25, 0.3) is 0 Å². The van der Waals surface area contributed by atoms with Crippen molar-refractivity contribution in [1.82, 2.24) is 5.32 Å². The highest BCUT2D eigenvalue weighted by molar-refractivity contribution is 7.92. The van der Waals surface area contributed by atoms with Crippen molar-refractivity contribution in [2.75, 3.05) is 18.4 Å². The number of fused-ring (bicyclic) bond motifs is 1. The lowest BCUT2D eigenvalue weighted by Gasteiger charge is -2.18. The van der Waals surface area contributed by atoms with Gasteiger partial charge < -0.3 is 10.1 Å². The summed E-state index contributed by atoms with van der Waals surface area (Å²) in [6.07, 6.45) is 0.611. The zero-order chi connectivity index (χ0) is 17.3. The third-order valence-electron chi connectivity index (χ3n) is 3.70. The van der Waals surface area contributed by atoms with Gasteiger partial charge in [-0.05, 0) is 48.4 Å². The second-order valence-electron chi connectivity index (χ2n) is 5.28. The number of rotatable bonds is 4. The second-order valence-corrected chi connectivity index (χ2v) is 6.93. The molecular weight excluding hydrogens is 335 g/mol. The molecule has 0 aromatic heterocycles.